The van der Waals surface area contributed by atoms with E-state index in [1.165, 1.54) is 0 Å². The van der Waals surface area contributed by atoms with Crippen LogP contribution in [0.15, 0.2) is 54.7 Å². The normalized spacial score (nSPS) is 10.5. The maximum atomic E-state index is 12.4. The molecule has 0 aliphatic carbocycles. The minimum absolute atomic E-state index is 0.213. The molecular formula is C21H23N3O3. The van der Waals surface area contributed by atoms with Crippen molar-refractivity contribution in [1.82, 2.24) is 15.1 Å². The lowest BCUT2D eigenvalue weighted by atomic mass is 10.1. The molecule has 0 aliphatic rings. The van der Waals surface area contributed by atoms with E-state index >= 15 is 0 Å². The third kappa shape index (κ3) is 4.28. The maximum Gasteiger partial charge on any atom is 0.271 e. The Labute approximate surface area is 158 Å². The summed E-state index contributed by atoms with van der Waals surface area (Å²) in [6.07, 6.45) is 2.44. The first kappa shape index (κ1) is 18.5. The van der Waals surface area contributed by atoms with Gasteiger partial charge in [-0.3, -0.25) is 4.79 Å². The molecule has 1 N–H and O–H groups in total. The highest BCUT2D eigenvalue weighted by atomic mass is 16.5. The second-order valence-electron chi connectivity index (χ2n) is 6.14. The minimum Gasteiger partial charge on any atom is -0.496 e. The van der Waals surface area contributed by atoms with E-state index in [4.69, 9.17) is 9.47 Å². The Morgan fingerprint density at radius 3 is 2.63 bits per heavy atom. The van der Waals surface area contributed by atoms with Crippen LogP contribution in [-0.2, 0) is 6.42 Å². The Hall–Kier alpha value is -3.28. The van der Waals surface area contributed by atoms with Crippen molar-refractivity contribution in [2.75, 3.05) is 20.8 Å². The number of amides is 1. The van der Waals surface area contributed by atoms with E-state index in [-0.39, 0.29) is 5.91 Å². The molecule has 6 heteroatoms. The number of nitrogens with zero attached hydrogens (tertiary/aromatic N) is 2. The zero-order chi connectivity index (χ0) is 19.2. The van der Waals surface area contributed by atoms with Crippen molar-refractivity contribution >= 4 is 5.91 Å². The van der Waals surface area contributed by atoms with Gasteiger partial charge in [-0.05, 0) is 48.7 Å². The molecule has 0 fully saturated rings. The predicted molar refractivity (Wildman–Crippen MR) is 104 cm³/mol. The summed E-state index contributed by atoms with van der Waals surface area (Å²) in [6.45, 7) is 2.50. The number of ether oxygens (including phenoxy) is 2. The van der Waals surface area contributed by atoms with Crippen LogP contribution in [0, 0.1) is 6.92 Å². The monoisotopic (exact) mass is 365 g/mol. The van der Waals surface area contributed by atoms with Crippen LogP contribution >= 0.6 is 0 Å². The quantitative estimate of drug-likeness (QED) is 0.698. The fourth-order valence-corrected chi connectivity index (χ4v) is 2.87. The zero-order valence-electron chi connectivity index (χ0n) is 15.7. The van der Waals surface area contributed by atoms with Crippen LogP contribution in [0.25, 0.3) is 5.69 Å². The van der Waals surface area contributed by atoms with E-state index in [1.54, 1.807) is 31.2 Å². The second kappa shape index (κ2) is 8.40. The summed E-state index contributed by atoms with van der Waals surface area (Å²) in [4.78, 5) is 12.4. The molecule has 0 radical (unpaired) electrons. The van der Waals surface area contributed by atoms with Crippen molar-refractivity contribution < 1.29 is 14.3 Å². The Kier molecular flexibility index (Phi) is 5.76. The van der Waals surface area contributed by atoms with E-state index in [0.29, 0.717) is 24.4 Å². The highest BCUT2D eigenvalue weighted by molar-refractivity contribution is 5.92. The van der Waals surface area contributed by atoms with Gasteiger partial charge < -0.3 is 14.8 Å². The second-order valence-corrected chi connectivity index (χ2v) is 6.14. The lowest BCUT2D eigenvalue weighted by molar-refractivity contribution is 0.0948. The molecule has 0 bridgehead atoms. The molecule has 1 aromatic heterocycles. The summed E-state index contributed by atoms with van der Waals surface area (Å²) in [5.74, 6) is 1.31. The predicted octanol–water partition coefficient (Wildman–Crippen LogP) is 3.17. The Morgan fingerprint density at radius 2 is 1.85 bits per heavy atom. The molecule has 0 atom stereocenters. The van der Waals surface area contributed by atoms with Gasteiger partial charge in [-0.1, -0.05) is 24.3 Å². The summed E-state index contributed by atoms with van der Waals surface area (Å²) in [5, 5.41) is 7.29. The minimum atomic E-state index is -0.213. The highest BCUT2D eigenvalue weighted by Gasteiger charge is 2.13. The molecule has 1 amide bonds. The van der Waals surface area contributed by atoms with E-state index in [0.717, 1.165) is 22.6 Å². The topological polar surface area (TPSA) is 65.4 Å². The van der Waals surface area contributed by atoms with Gasteiger partial charge in [0.2, 0.25) is 0 Å². The number of nitrogens with one attached hydrogen (secondary N) is 1. The van der Waals surface area contributed by atoms with Gasteiger partial charge in [0.15, 0.2) is 5.69 Å². The largest absolute Gasteiger partial charge is 0.496 e. The van der Waals surface area contributed by atoms with Crippen LogP contribution < -0.4 is 14.8 Å². The SMILES string of the molecule is COc1ccccc1CCNC(=O)c1ccn(-c2cc(C)ccc2OC)n1. The summed E-state index contributed by atoms with van der Waals surface area (Å²) in [7, 11) is 3.26. The van der Waals surface area contributed by atoms with Gasteiger partial charge in [0.05, 0.1) is 14.2 Å². The van der Waals surface area contributed by atoms with Gasteiger partial charge >= 0.3 is 0 Å². The fraction of sp³-hybridized carbons (Fsp3) is 0.238. The molecule has 140 valence electrons. The third-order valence-electron chi connectivity index (χ3n) is 4.28. The number of benzene rings is 2. The summed E-state index contributed by atoms with van der Waals surface area (Å²) in [5.41, 5.74) is 3.29. The molecule has 0 saturated heterocycles. The molecule has 0 unspecified atom stereocenters. The van der Waals surface area contributed by atoms with Crippen LogP contribution in [0.1, 0.15) is 21.6 Å². The first-order valence-electron chi connectivity index (χ1n) is 8.73. The summed E-state index contributed by atoms with van der Waals surface area (Å²) in [6, 6.07) is 15.3. The van der Waals surface area contributed by atoms with Gasteiger partial charge in [0, 0.05) is 12.7 Å². The molecule has 3 rings (SSSR count). The molecule has 2 aromatic carbocycles. The fourth-order valence-electron chi connectivity index (χ4n) is 2.87. The molecule has 0 aliphatic heterocycles. The van der Waals surface area contributed by atoms with E-state index < -0.39 is 0 Å². The molecule has 27 heavy (non-hydrogen) atoms. The number of methoxy groups -OCH3 is 2. The highest BCUT2D eigenvalue weighted by Crippen LogP contribution is 2.23. The number of aromatic nitrogens is 2. The standard InChI is InChI=1S/C21H23N3O3/c1-15-8-9-20(27-3)18(14-15)24-13-11-17(23-24)21(25)22-12-10-16-6-4-5-7-19(16)26-2/h4-9,11,13-14H,10,12H2,1-3H3,(H,22,25). The number of rotatable bonds is 7. The first-order chi connectivity index (χ1) is 13.1. The number of carbonyl (C=O) groups is 1. The zero-order valence-corrected chi connectivity index (χ0v) is 15.7. The molecule has 1 heterocycles. The van der Waals surface area contributed by atoms with Gasteiger partial charge in [-0.15, -0.1) is 0 Å². The van der Waals surface area contributed by atoms with Gasteiger partial charge in [0.25, 0.3) is 5.91 Å². The Balaban J connectivity index is 1.66. The number of hydrogen-bond acceptors (Lipinski definition) is 4. The van der Waals surface area contributed by atoms with Crippen molar-refractivity contribution in [2.24, 2.45) is 0 Å². The van der Waals surface area contributed by atoms with E-state index in [2.05, 4.69) is 10.4 Å². The van der Waals surface area contributed by atoms with Gasteiger partial charge in [-0.2, -0.15) is 5.10 Å². The maximum absolute atomic E-state index is 12.4. The smallest absolute Gasteiger partial charge is 0.271 e. The number of aryl methyl sites for hydroxylation is 1. The van der Waals surface area contributed by atoms with Crippen LogP contribution in [0.5, 0.6) is 11.5 Å². The van der Waals surface area contributed by atoms with Crippen LogP contribution in [0.3, 0.4) is 0 Å². The molecular weight excluding hydrogens is 342 g/mol. The van der Waals surface area contributed by atoms with Crippen molar-refractivity contribution in [1.29, 1.82) is 0 Å². The Morgan fingerprint density at radius 1 is 1.07 bits per heavy atom. The lowest BCUT2D eigenvalue weighted by Gasteiger charge is -2.09. The number of hydrogen-bond donors (Lipinski definition) is 1. The van der Waals surface area contributed by atoms with Gasteiger partial charge in [0.1, 0.15) is 17.2 Å². The molecule has 0 saturated carbocycles. The molecule has 3 aromatic rings. The molecule has 0 spiro atoms. The summed E-state index contributed by atoms with van der Waals surface area (Å²) < 4.78 is 12.4. The van der Waals surface area contributed by atoms with Crippen molar-refractivity contribution in [3.05, 3.63) is 71.5 Å². The van der Waals surface area contributed by atoms with Crippen molar-refractivity contribution in [3.8, 4) is 17.2 Å². The number of para-hydroxylation sites is 1. The van der Waals surface area contributed by atoms with Crippen LogP contribution in [0.2, 0.25) is 0 Å². The molecule has 6 nitrogen and oxygen atoms in total. The van der Waals surface area contributed by atoms with Crippen LogP contribution in [0.4, 0.5) is 0 Å². The Bertz CT molecular complexity index is 934. The van der Waals surface area contributed by atoms with Crippen LogP contribution in [-0.4, -0.2) is 36.5 Å². The van der Waals surface area contributed by atoms with Crippen molar-refractivity contribution in [3.63, 3.8) is 0 Å². The van der Waals surface area contributed by atoms with E-state index in [9.17, 15) is 4.79 Å². The summed E-state index contributed by atoms with van der Waals surface area (Å²) >= 11 is 0. The third-order valence-corrected chi connectivity index (χ3v) is 4.28. The average Bonchev–Trinajstić information content (AvgIpc) is 3.18. The number of carbonyl (C=O) groups excluding carboxylic acids is 1. The lowest BCUT2D eigenvalue weighted by Crippen LogP contribution is -2.26. The first-order valence-corrected chi connectivity index (χ1v) is 8.73. The average molecular weight is 365 g/mol. The van der Waals surface area contributed by atoms with E-state index in [1.807, 2.05) is 49.4 Å². The van der Waals surface area contributed by atoms with Gasteiger partial charge in [-0.25, -0.2) is 4.68 Å². The van der Waals surface area contributed by atoms with Crippen molar-refractivity contribution in [2.45, 2.75) is 13.3 Å².